The summed E-state index contributed by atoms with van der Waals surface area (Å²) in [7, 11) is 0. The molecule has 0 saturated carbocycles. The number of carbonyl (C=O) groups excluding carboxylic acids is 1. The second-order valence-electron chi connectivity index (χ2n) is 5.85. The Kier molecular flexibility index (Phi) is 26.7. The Bertz CT molecular complexity index is 776. The Labute approximate surface area is 209 Å². The molecule has 0 aliphatic rings. The molecule has 18 nitrogen and oxygen atoms in total. The van der Waals surface area contributed by atoms with Crippen molar-refractivity contribution in [2.45, 2.75) is 37.4 Å². The van der Waals surface area contributed by atoms with Gasteiger partial charge in [0.25, 0.3) is 0 Å². The first-order chi connectivity index (χ1) is 14.4. The topological polar surface area (TPSA) is 379 Å². The maximum Gasteiger partial charge on any atom is 2.00 e. The van der Waals surface area contributed by atoms with Crippen LogP contribution >= 0.6 is 0 Å². The fourth-order valence-electron chi connectivity index (χ4n) is 1.62. The minimum absolute atomic E-state index is 0. The molecule has 0 bridgehead atoms. The number of carboxylic acid groups (broad SMARTS) is 4. The molecule has 0 aromatic carbocycles. The van der Waals surface area contributed by atoms with Crippen molar-refractivity contribution in [3.8, 4) is 0 Å². The fraction of sp³-hybridized carbons (Fsp3) is 0.375. The summed E-state index contributed by atoms with van der Waals surface area (Å²) in [5.41, 5.74) is 16.5. The summed E-state index contributed by atoms with van der Waals surface area (Å²) in [5, 5.41) is 34.5. The predicted octanol–water partition coefficient (Wildman–Crippen LogP) is -6.84. The fourth-order valence-corrected chi connectivity index (χ4v) is 1.62. The summed E-state index contributed by atoms with van der Waals surface area (Å²) in [6, 6.07) is -3.12. The van der Waals surface area contributed by atoms with Gasteiger partial charge in [-0.3, -0.25) is 14.4 Å². The van der Waals surface area contributed by atoms with Gasteiger partial charge in [0.05, 0.1) is 0 Å². The molecular weight excluding hydrogens is 522 g/mol. The van der Waals surface area contributed by atoms with Crippen molar-refractivity contribution in [2.75, 3.05) is 0 Å². The number of aromatic nitrogens is 4. The molecule has 35 heavy (non-hydrogen) atoms. The zero-order valence-corrected chi connectivity index (χ0v) is 19.0. The van der Waals surface area contributed by atoms with E-state index in [4.69, 9.17) is 32.5 Å². The number of nitrogens with zero attached hydrogens (tertiary/aromatic N) is 4. The molecule has 0 fully saturated rings. The van der Waals surface area contributed by atoms with E-state index in [-0.39, 0.29) is 47.8 Å². The first-order valence-corrected chi connectivity index (χ1v) is 8.42. The van der Waals surface area contributed by atoms with Gasteiger partial charge in [0.2, 0.25) is 0 Å². The summed E-state index contributed by atoms with van der Waals surface area (Å²) in [6.45, 7) is 0. The zero-order valence-electron chi connectivity index (χ0n) is 18.9. The maximum absolute atomic E-state index is 10.3. The van der Waals surface area contributed by atoms with Crippen LogP contribution in [0, 0.1) is 0 Å². The standard InChI is InChI=1S/2C6H9N3O2.C4H7NO4.Fe.3H2O/c2*7-5(6(10)11)1-4-2-8-3-9-4;5-2(4(8)9)1-3(6)7;;;;/h2*2-3,5H,1,7H2,(H2,8,9,10,11);2H,1,5H2,(H,6,7)(H,8,9);;3*1H2/q;;;+2;;;/p-2/t2*5-;2-;;;;/m000..../s1. The Morgan fingerprint density at radius 2 is 1.11 bits per heavy atom. The summed E-state index contributed by atoms with van der Waals surface area (Å²) in [6.07, 6.45) is 5.55. The molecular formula is C16H29FeN7O11. The minimum atomic E-state index is -1.45. The summed E-state index contributed by atoms with van der Waals surface area (Å²) in [4.78, 5) is 54.9. The quantitative estimate of drug-likeness (QED) is 0.158. The molecule has 19 heteroatoms. The molecule has 202 valence electrons. The van der Waals surface area contributed by atoms with Crippen LogP contribution in [0.5, 0.6) is 0 Å². The average molecular weight is 551 g/mol. The first kappa shape index (κ1) is 41.8. The van der Waals surface area contributed by atoms with E-state index >= 15 is 0 Å². The van der Waals surface area contributed by atoms with Crippen molar-refractivity contribution in [1.82, 2.24) is 19.9 Å². The van der Waals surface area contributed by atoms with Gasteiger partial charge in [-0.1, -0.05) is 36.4 Å². The molecule has 15 N–H and O–H groups in total. The van der Waals surface area contributed by atoms with Crippen LogP contribution in [0.3, 0.4) is 0 Å². The minimum Gasteiger partial charge on any atom is -0.550 e. The zero-order chi connectivity index (χ0) is 24.0. The molecule has 0 unspecified atom stereocenters. The van der Waals surface area contributed by atoms with Crippen molar-refractivity contribution >= 4 is 23.9 Å². The summed E-state index contributed by atoms with van der Waals surface area (Å²) < 4.78 is 0. The summed E-state index contributed by atoms with van der Waals surface area (Å²) in [5.74, 6) is -4.83. The van der Waals surface area contributed by atoms with Gasteiger partial charge in [-0.15, -0.1) is 0 Å². The first-order valence-electron chi connectivity index (χ1n) is 8.42. The third-order valence-corrected chi connectivity index (χ3v) is 3.22. The van der Waals surface area contributed by atoms with Gasteiger partial charge in [0, 0.05) is 12.4 Å². The van der Waals surface area contributed by atoms with Gasteiger partial charge < -0.3 is 78.8 Å². The van der Waals surface area contributed by atoms with E-state index in [2.05, 4.69) is 19.9 Å². The number of aliphatic carboxylic acids is 4. The van der Waals surface area contributed by atoms with Gasteiger partial charge >= 0.3 is 36.4 Å². The van der Waals surface area contributed by atoms with E-state index in [1.165, 1.54) is 25.0 Å². The van der Waals surface area contributed by atoms with Crippen LogP contribution < -0.4 is 32.3 Å². The van der Waals surface area contributed by atoms with Crippen LogP contribution in [-0.4, -0.2) is 83.7 Å². The number of imidazole rings is 2. The van der Waals surface area contributed by atoms with Crippen molar-refractivity contribution in [3.63, 3.8) is 0 Å². The number of hydrogen-bond acceptors (Lipinski definition) is 10. The van der Waals surface area contributed by atoms with Gasteiger partial charge in [-0.25, -0.2) is 0 Å². The predicted molar refractivity (Wildman–Crippen MR) is 111 cm³/mol. The molecule has 3 atom stereocenters. The number of rotatable bonds is 9. The van der Waals surface area contributed by atoms with Crippen molar-refractivity contribution in [1.29, 1.82) is 0 Å². The molecule has 0 spiro atoms. The molecule has 2 heterocycles. The Balaban J connectivity index is -0.0000000882. The molecule has 0 radical (unpaired) electrons. The van der Waals surface area contributed by atoms with Gasteiger partial charge in [-0.05, 0) is 12.8 Å². The van der Waals surface area contributed by atoms with Gasteiger partial charge in [-0.2, -0.15) is 0 Å². The van der Waals surface area contributed by atoms with E-state index in [1.807, 2.05) is 0 Å². The Morgan fingerprint density at radius 3 is 1.29 bits per heavy atom. The molecule has 2 aromatic heterocycles. The largest absolute Gasteiger partial charge is 2.00 e. The maximum atomic E-state index is 10.3. The molecule has 2 aromatic rings. The molecule has 2 rings (SSSR count). The molecule has 0 aliphatic heterocycles. The second-order valence-corrected chi connectivity index (χ2v) is 5.85. The normalized spacial score (nSPS) is 11.3. The average Bonchev–Trinajstić information content (AvgIpc) is 3.36. The molecule has 0 aliphatic carbocycles. The van der Waals surface area contributed by atoms with Crippen LogP contribution in [0.4, 0.5) is 0 Å². The van der Waals surface area contributed by atoms with Crippen LogP contribution in [0.2, 0.25) is 0 Å². The van der Waals surface area contributed by atoms with Crippen LogP contribution in [0.25, 0.3) is 0 Å². The van der Waals surface area contributed by atoms with E-state index in [1.54, 1.807) is 0 Å². The number of nitrogens with two attached hydrogens (primary N) is 3. The van der Waals surface area contributed by atoms with E-state index in [0.29, 0.717) is 11.4 Å². The van der Waals surface area contributed by atoms with Crippen LogP contribution in [-0.2, 0) is 49.1 Å². The second kappa shape index (κ2) is 22.4. The molecule has 0 amide bonds. The van der Waals surface area contributed by atoms with Crippen molar-refractivity contribution in [3.05, 3.63) is 36.4 Å². The SMILES string of the molecule is N[C@@H](CC(=O)[O-])C(=O)O.N[C@@H](Cc1c[n-]cn1)C(=O)O.N[C@@H](Cc1c[n-]cn1)C(=O)O.O.O.O.[Fe+2].[H+]. The van der Waals surface area contributed by atoms with Crippen LogP contribution in [0.15, 0.2) is 25.0 Å². The van der Waals surface area contributed by atoms with E-state index < -0.39 is 48.4 Å². The van der Waals surface area contributed by atoms with E-state index in [0.717, 1.165) is 0 Å². The Hall–Kier alpha value is -3.42. The third-order valence-electron chi connectivity index (χ3n) is 3.22. The molecule has 0 saturated heterocycles. The Morgan fingerprint density at radius 1 is 0.800 bits per heavy atom. The van der Waals surface area contributed by atoms with Crippen molar-refractivity contribution in [2.24, 2.45) is 17.2 Å². The number of hydrogen-bond donors (Lipinski definition) is 6. The summed E-state index contributed by atoms with van der Waals surface area (Å²) >= 11 is 0. The van der Waals surface area contributed by atoms with Gasteiger partial charge in [0.1, 0.15) is 18.1 Å². The number of carboxylic acids is 4. The van der Waals surface area contributed by atoms with Gasteiger partial charge in [0.15, 0.2) is 0 Å². The number of carbonyl (C=O) groups is 4. The van der Waals surface area contributed by atoms with Crippen molar-refractivity contribution < 1.29 is 74.5 Å². The van der Waals surface area contributed by atoms with Crippen LogP contribution in [0.1, 0.15) is 19.2 Å². The third kappa shape index (κ3) is 20.9. The monoisotopic (exact) mass is 551 g/mol. The van der Waals surface area contributed by atoms with E-state index in [9.17, 15) is 24.3 Å². The smallest absolute Gasteiger partial charge is 0.550 e.